The number of anilines is 2. The van der Waals surface area contributed by atoms with Crippen LogP contribution in [0, 0.1) is 0 Å². The molecule has 0 bridgehead atoms. The van der Waals surface area contributed by atoms with Crippen LogP contribution in [0.3, 0.4) is 0 Å². The van der Waals surface area contributed by atoms with Crippen molar-refractivity contribution >= 4 is 27.6 Å². The molecule has 0 aliphatic rings. The number of aromatic nitrogens is 3. The van der Waals surface area contributed by atoms with Gasteiger partial charge in [0.15, 0.2) is 0 Å². The lowest BCUT2D eigenvalue weighted by molar-refractivity contribution is 0.882. The molecule has 0 aliphatic carbocycles. The third-order valence-corrected chi connectivity index (χ3v) is 3.09. The molecule has 0 unspecified atom stereocenters. The highest BCUT2D eigenvalue weighted by molar-refractivity contribution is 9.10. The molecule has 0 aliphatic heterocycles. The third-order valence-electron chi connectivity index (χ3n) is 2.59. The van der Waals surface area contributed by atoms with Gasteiger partial charge in [0, 0.05) is 10.2 Å². The van der Waals surface area contributed by atoms with Crippen molar-refractivity contribution in [2.45, 2.75) is 0 Å². The van der Waals surface area contributed by atoms with E-state index in [-0.39, 0.29) is 0 Å². The Labute approximate surface area is 119 Å². The van der Waals surface area contributed by atoms with E-state index in [1.54, 1.807) is 11.0 Å². The molecular weight excluding hydrogens is 304 g/mol. The minimum Gasteiger partial charge on any atom is -0.323 e. The minimum atomic E-state index is 0.571. The van der Waals surface area contributed by atoms with Gasteiger partial charge in [-0.15, -0.1) is 5.10 Å². The molecule has 3 rings (SSSR count). The van der Waals surface area contributed by atoms with E-state index < -0.39 is 0 Å². The normalized spacial score (nSPS) is 10.4. The molecule has 0 amide bonds. The molecule has 1 heterocycles. The van der Waals surface area contributed by atoms with Gasteiger partial charge in [0.2, 0.25) is 5.95 Å². The highest BCUT2D eigenvalue weighted by Crippen LogP contribution is 2.18. The summed E-state index contributed by atoms with van der Waals surface area (Å²) in [6.45, 7) is 0. The third kappa shape index (κ3) is 2.82. The van der Waals surface area contributed by atoms with Gasteiger partial charge in [-0.25, -0.2) is 4.68 Å². The summed E-state index contributed by atoms with van der Waals surface area (Å²) in [6.07, 6.45) is 1.69. The van der Waals surface area contributed by atoms with Gasteiger partial charge in [-0.3, -0.25) is 0 Å². The average molecular weight is 315 g/mol. The molecule has 1 N–H and O–H groups in total. The molecule has 0 fully saturated rings. The lowest BCUT2D eigenvalue weighted by Gasteiger charge is -2.02. The Hall–Kier alpha value is -2.14. The zero-order chi connectivity index (χ0) is 13.1. The number of nitrogens with zero attached hydrogens (tertiary/aromatic N) is 3. The van der Waals surface area contributed by atoms with Gasteiger partial charge in [0.05, 0.1) is 5.69 Å². The second kappa shape index (κ2) is 5.24. The van der Waals surface area contributed by atoms with E-state index in [2.05, 4.69) is 31.3 Å². The fraction of sp³-hybridized carbons (Fsp3) is 0. The van der Waals surface area contributed by atoms with Crippen LogP contribution in [0.1, 0.15) is 0 Å². The summed E-state index contributed by atoms with van der Waals surface area (Å²) < 4.78 is 2.75. The van der Waals surface area contributed by atoms with Crippen LogP contribution in [0.15, 0.2) is 65.4 Å². The largest absolute Gasteiger partial charge is 0.323 e. The number of para-hydroxylation sites is 1. The number of rotatable bonds is 3. The lowest BCUT2D eigenvalue weighted by atomic mass is 10.3. The van der Waals surface area contributed by atoms with E-state index in [0.717, 1.165) is 15.8 Å². The number of halogens is 1. The van der Waals surface area contributed by atoms with Gasteiger partial charge in [0.25, 0.3) is 0 Å². The number of nitrogens with one attached hydrogen (secondary N) is 1. The quantitative estimate of drug-likeness (QED) is 0.800. The van der Waals surface area contributed by atoms with Crippen molar-refractivity contribution in [2.75, 3.05) is 5.32 Å². The van der Waals surface area contributed by atoms with Crippen LogP contribution in [0.4, 0.5) is 11.6 Å². The maximum Gasteiger partial charge on any atom is 0.246 e. The summed E-state index contributed by atoms with van der Waals surface area (Å²) >= 11 is 3.43. The standard InChI is InChI=1S/C14H11BrN4/c15-11-5-4-6-12(9-11)17-14-16-10-19(18-14)13-7-2-1-3-8-13/h1-10H,(H,17,18). The molecule has 4 nitrogen and oxygen atoms in total. The Morgan fingerprint density at radius 3 is 2.63 bits per heavy atom. The van der Waals surface area contributed by atoms with Gasteiger partial charge >= 0.3 is 0 Å². The molecule has 0 saturated carbocycles. The zero-order valence-corrected chi connectivity index (χ0v) is 11.6. The van der Waals surface area contributed by atoms with Gasteiger partial charge in [-0.2, -0.15) is 4.98 Å². The Kier molecular flexibility index (Phi) is 3.29. The molecule has 5 heteroatoms. The van der Waals surface area contributed by atoms with Crippen molar-refractivity contribution in [1.29, 1.82) is 0 Å². The van der Waals surface area contributed by atoms with E-state index in [4.69, 9.17) is 0 Å². The molecule has 94 valence electrons. The molecule has 0 radical (unpaired) electrons. The van der Waals surface area contributed by atoms with Crippen molar-refractivity contribution < 1.29 is 0 Å². The molecule has 0 atom stereocenters. The van der Waals surface area contributed by atoms with E-state index in [1.807, 2.05) is 54.6 Å². The number of hydrogen-bond acceptors (Lipinski definition) is 3. The first-order valence-electron chi connectivity index (χ1n) is 5.81. The van der Waals surface area contributed by atoms with Crippen LogP contribution in [0.5, 0.6) is 0 Å². The van der Waals surface area contributed by atoms with Crippen molar-refractivity contribution in [3.05, 3.63) is 65.4 Å². The lowest BCUT2D eigenvalue weighted by Crippen LogP contribution is -1.96. The Balaban J connectivity index is 1.82. The second-order valence-corrected chi connectivity index (χ2v) is 4.90. The first kappa shape index (κ1) is 11.9. The molecule has 0 spiro atoms. The van der Waals surface area contributed by atoms with Gasteiger partial charge in [-0.05, 0) is 30.3 Å². The fourth-order valence-corrected chi connectivity index (χ4v) is 2.12. The van der Waals surface area contributed by atoms with Gasteiger partial charge in [-0.1, -0.05) is 40.2 Å². The summed E-state index contributed by atoms with van der Waals surface area (Å²) in [5, 5.41) is 7.55. The molecule has 3 aromatic rings. The molecule has 0 saturated heterocycles. The van der Waals surface area contributed by atoms with Crippen molar-refractivity contribution in [2.24, 2.45) is 0 Å². The van der Waals surface area contributed by atoms with Crippen LogP contribution in [-0.4, -0.2) is 14.8 Å². The molecular formula is C14H11BrN4. The predicted molar refractivity (Wildman–Crippen MR) is 78.8 cm³/mol. The summed E-state index contributed by atoms with van der Waals surface area (Å²) in [7, 11) is 0. The number of hydrogen-bond donors (Lipinski definition) is 1. The van der Waals surface area contributed by atoms with Crippen LogP contribution >= 0.6 is 15.9 Å². The van der Waals surface area contributed by atoms with E-state index in [1.165, 1.54) is 0 Å². The highest BCUT2D eigenvalue weighted by atomic mass is 79.9. The van der Waals surface area contributed by atoms with Crippen LogP contribution < -0.4 is 5.32 Å². The Morgan fingerprint density at radius 1 is 1.00 bits per heavy atom. The summed E-state index contributed by atoms with van der Waals surface area (Å²) in [6, 6.07) is 17.8. The summed E-state index contributed by atoms with van der Waals surface area (Å²) in [5.41, 5.74) is 1.93. The monoisotopic (exact) mass is 314 g/mol. The van der Waals surface area contributed by atoms with Crippen LogP contribution in [-0.2, 0) is 0 Å². The molecule has 19 heavy (non-hydrogen) atoms. The maximum absolute atomic E-state index is 4.38. The van der Waals surface area contributed by atoms with Gasteiger partial charge < -0.3 is 5.32 Å². The van der Waals surface area contributed by atoms with E-state index in [0.29, 0.717) is 5.95 Å². The van der Waals surface area contributed by atoms with E-state index >= 15 is 0 Å². The van der Waals surface area contributed by atoms with Crippen molar-refractivity contribution in [3.8, 4) is 5.69 Å². The second-order valence-electron chi connectivity index (χ2n) is 3.98. The predicted octanol–water partition coefficient (Wildman–Crippen LogP) is 3.77. The van der Waals surface area contributed by atoms with Crippen molar-refractivity contribution in [1.82, 2.24) is 14.8 Å². The maximum atomic E-state index is 4.38. The first-order chi connectivity index (χ1) is 9.31. The molecule has 2 aromatic carbocycles. The highest BCUT2D eigenvalue weighted by Gasteiger charge is 2.02. The van der Waals surface area contributed by atoms with Crippen LogP contribution in [0.25, 0.3) is 5.69 Å². The number of benzene rings is 2. The van der Waals surface area contributed by atoms with E-state index in [9.17, 15) is 0 Å². The Bertz CT molecular complexity index is 679. The van der Waals surface area contributed by atoms with Crippen LogP contribution in [0.2, 0.25) is 0 Å². The summed E-state index contributed by atoms with van der Waals surface area (Å²) in [4.78, 5) is 4.24. The van der Waals surface area contributed by atoms with Crippen molar-refractivity contribution in [3.63, 3.8) is 0 Å². The first-order valence-corrected chi connectivity index (χ1v) is 6.60. The summed E-state index contributed by atoms with van der Waals surface area (Å²) in [5.74, 6) is 0.571. The van der Waals surface area contributed by atoms with Gasteiger partial charge in [0.1, 0.15) is 6.33 Å². The average Bonchev–Trinajstić information content (AvgIpc) is 2.88. The fourth-order valence-electron chi connectivity index (χ4n) is 1.72. The zero-order valence-electron chi connectivity index (χ0n) is 9.99. The minimum absolute atomic E-state index is 0.571. The molecule has 1 aromatic heterocycles. The Morgan fingerprint density at radius 2 is 1.84 bits per heavy atom. The SMILES string of the molecule is Brc1cccc(Nc2ncn(-c3ccccc3)n2)c1. The topological polar surface area (TPSA) is 42.7 Å². The smallest absolute Gasteiger partial charge is 0.246 e.